The van der Waals surface area contributed by atoms with Crippen LogP contribution in [0, 0.1) is 15.5 Å². The van der Waals surface area contributed by atoms with Gasteiger partial charge in [-0.2, -0.15) is 0 Å². The first-order valence-corrected chi connectivity index (χ1v) is 12.8. The van der Waals surface area contributed by atoms with Crippen LogP contribution in [-0.4, -0.2) is 20.7 Å². The SMILES string of the molecule is CC1(C)CC(=O)C2=C(C1)Nc1nc(SCc3cccc(Cl)c3)[nH]c(=O)c1[C@@H]2c1ccc([N+](=O)[O-])cc1. The summed E-state index contributed by atoms with van der Waals surface area (Å²) < 4.78 is 0. The number of carbonyl (C=O) groups excluding carboxylic acids is 1. The quantitative estimate of drug-likeness (QED) is 0.187. The lowest BCUT2D eigenvalue weighted by molar-refractivity contribution is -0.384. The standard InChI is InChI=1S/C26H23ClN4O4S/c1-26(2)11-18-21(19(32)12-26)20(15-6-8-17(9-7-15)31(34)35)22-23(28-18)29-25(30-24(22)33)36-13-14-4-3-5-16(27)10-14/h3-10,20H,11-13H2,1-2H3,(H2,28,29,30,33)/t20-/m1/s1. The summed E-state index contributed by atoms with van der Waals surface area (Å²) in [4.78, 5) is 45.0. The van der Waals surface area contributed by atoms with Crippen LogP contribution in [0.5, 0.6) is 0 Å². The number of nitrogens with one attached hydrogen (secondary N) is 2. The maximum atomic E-state index is 13.4. The van der Waals surface area contributed by atoms with Gasteiger partial charge in [-0.15, -0.1) is 0 Å². The van der Waals surface area contributed by atoms with Gasteiger partial charge in [0.25, 0.3) is 11.2 Å². The van der Waals surface area contributed by atoms with Gasteiger partial charge >= 0.3 is 0 Å². The van der Waals surface area contributed by atoms with Crippen LogP contribution in [-0.2, 0) is 10.5 Å². The van der Waals surface area contributed by atoms with Crippen molar-refractivity contribution in [2.45, 2.75) is 43.5 Å². The third-order valence-electron chi connectivity index (χ3n) is 6.40. The highest BCUT2D eigenvalue weighted by molar-refractivity contribution is 7.98. The van der Waals surface area contributed by atoms with Gasteiger partial charge in [0, 0.05) is 46.5 Å². The van der Waals surface area contributed by atoms with Crippen molar-refractivity contribution in [1.29, 1.82) is 0 Å². The van der Waals surface area contributed by atoms with Gasteiger partial charge in [0.15, 0.2) is 10.9 Å². The number of nitro benzene ring substituents is 1. The van der Waals surface area contributed by atoms with E-state index in [2.05, 4.69) is 10.3 Å². The fourth-order valence-corrected chi connectivity index (χ4v) is 5.88. The van der Waals surface area contributed by atoms with Crippen molar-refractivity contribution >= 4 is 40.7 Å². The smallest absolute Gasteiger partial charge is 0.269 e. The van der Waals surface area contributed by atoms with Crippen LogP contribution in [0.15, 0.2) is 69.8 Å². The minimum atomic E-state index is -0.663. The Bertz CT molecular complexity index is 1480. The van der Waals surface area contributed by atoms with Gasteiger partial charge in [-0.1, -0.05) is 61.5 Å². The highest BCUT2D eigenvalue weighted by Gasteiger charge is 2.42. The van der Waals surface area contributed by atoms with E-state index in [0.717, 1.165) is 11.3 Å². The van der Waals surface area contributed by atoms with Crippen LogP contribution in [0.4, 0.5) is 11.5 Å². The summed E-state index contributed by atoms with van der Waals surface area (Å²) in [7, 11) is 0. The van der Waals surface area contributed by atoms with Crippen LogP contribution >= 0.6 is 23.4 Å². The number of nitrogens with zero attached hydrogens (tertiary/aromatic N) is 2. The number of benzene rings is 2. The van der Waals surface area contributed by atoms with Crippen molar-refractivity contribution in [2.75, 3.05) is 5.32 Å². The van der Waals surface area contributed by atoms with E-state index in [1.54, 1.807) is 18.2 Å². The average Bonchev–Trinajstić information content (AvgIpc) is 2.81. The van der Waals surface area contributed by atoms with Crippen molar-refractivity contribution < 1.29 is 9.72 Å². The van der Waals surface area contributed by atoms with Crippen molar-refractivity contribution in [1.82, 2.24) is 9.97 Å². The summed E-state index contributed by atoms with van der Waals surface area (Å²) in [5, 5.41) is 15.5. The number of fused-ring (bicyclic) bond motifs is 1. The Kier molecular flexibility index (Phi) is 6.22. The molecule has 0 fully saturated rings. The number of thioether (sulfide) groups is 1. The van der Waals surface area contributed by atoms with Gasteiger partial charge in [0.2, 0.25) is 0 Å². The maximum Gasteiger partial charge on any atom is 0.269 e. The number of carbonyl (C=O) groups is 1. The summed E-state index contributed by atoms with van der Waals surface area (Å²) in [5.74, 6) is 0.262. The molecule has 2 heterocycles. The Morgan fingerprint density at radius 3 is 2.61 bits per heavy atom. The summed E-state index contributed by atoms with van der Waals surface area (Å²) in [6, 6.07) is 13.5. The van der Waals surface area contributed by atoms with Crippen LogP contribution in [0.2, 0.25) is 5.02 Å². The van der Waals surface area contributed by atoms with Crippen LogP contribution < -0.4 is 10.9 Å². The van der Waals surface area contributed by atoms with E-state index < -0.39 is 10.8 Å². The topological polar surface area (TPSA) is 118 Å². The van der Waals surface area contributed by atoms with E-state index in [1.807, 2.05) is 32.0 Å². The van der Waals surface area contributed by atoms with Gasteiger partial charge < -0.3 is 10.3 Å². The average molecular weight is 523 g/mol. The molecular formula is C26H23ClN4O4S. The molecule has 1 aromatic heterocycles. The Morgan fingerprint density at radius 1 is 1.17 bits per heavy atom. The molecule has 1 aliphatic heterocycles. The molecule has 0 unspecified atom stereocenters. The number of H-pyrrole nitrogens is 1. The molecular weight excluding hydrogens is 500 g/mol. The molecule has 1 atom stereocenters. The molecule has 0 saturated carbocycles. The number of aromatic amines is 1. The lowest BCUT2D eigenvalue weighted by Gasteiger charge is -2.38. The first-order chi connectivity index (χ1) is 17.1. The molecule has 0 spiro atoms. The molecule has 5 rings (SSSR count). The van der Waals surface area contributed by atoms with E-state index in [9.17, 15) is 19.7 Å². The number of Topliss-reactive ketones (excluding diaryl/α,β-unsaturated/α-hetero) is 1. The number of hydrogen-bond donors (Lipinski definition) is 2. The Hall–Kier alpha value is -3.43. The van der Waals surface area contributed by atoms with E-state index in [0.29, 0.717) is 51.3 Å². The highest BCUT2D eigenvalue weighted by Crippen LogP contribution is 2.47. The second-order valence-corrected chi connectivity index (χ2v) is 11.2. The predicted molar refractivity (Wildman–Crippen MR) is 139 cm³/mol. The first-order valence-electron chi connectivity index (χ1n) is 11.4. The normalized spacial score (nSPS) is 18.3. The second kappa shape index (κ2) is 9.22. The Balaban J connectivity index is 1.58. The van der Waals surface area contributed by atoms with Crippen molar-refractivity contribution in [3.8, 4) is 0 Å². The molecule has 2 N–H and O–H groups in total. The van der Waals surface area contributed by atoms with Gasteiger partial charge in [-0.3, -0.25) is 19.7 Å². The van der Waals surface area contributed by atoms with Crippen molar-refractivity contribution in [3.63, 3.8) is 0 Å². The van der Waals surface area contributed by atoms with Crippen molar-refractivity contribution in [2.24, 2.45) is 5.41 Å². The summed E-state index contributed by atoms with van der Waals surface area (Å²) in [6.07, 6.45) is 0.974. The highest BCUT2D eigenvalue weighted by atomic mass is 35.5. The van der Waals surface area contributed by atoms with Crippen LogP contribution in [0.3, 0.4) is 0 Å². The molecule has 184 valence electrons. The minimum Gasteiger partial charge on any atom is -0.343 e. The monoisotopic (exact) mass is 522 g/mol. The zero-order chi connectivity index (χ0) is 25.6. The minimum absolute atomic E-state index is 0.0402. The van der Waals surface area contributed by atoms with Gasteiger partial charge in [-0.05, 0) is 35.1 Å². The molecule has 3 aromatic rings. The summed E-state index contributed by atoms with van der Waals surface area (Å²) in [6.45, 7) is 4.06. The molecule has 0 bridgehead atoms. The second-order valence-electron chi connectivity index (χ2n) is 9.79. The fourth-order valence-electron chi connectivity index (χ4n) is 4.86. The molecule has 2 aromatic carbocycles. The van der Waals surface area contributed by atoms with E-state index in [1.165, 1.54) is 23.9 Å². The van der Waals surface area contributed by atoms with E-state index >= 15 is 0 Å². The molecule has 36 heavy (non-hydrogen) atoms. The third kappa shape index (κ3) is 4.68. The zero-order valence-electron chi connectivity index (χ0n) is 19.6. The van der Waals surface area contributed by atoms with Crippen molar-refractivity contribution in [3.05, 3.63) is 102 Å². The molecule has 0 saturated heterocycles. The molecule has 2 aliphatic rings. The number of ketones is 1. The van der Waals surface area contributed by atoms with Gasteiger partial charge in [0.1, 0.15) is 5.82 Å². The zero-order valence-corrected chi connectivity index (χ0v) is 21.2. The molecule has 8 nitrogen and oxygen atoms in total. The lowest BCUT2D eigenvalue weighted by atomic mass is 9.69. The van der Waals surface area contributed by atoms with E-state index in [-0.39, 0.29) is 22.4 Å². The predicted octanol–water partition coefficient (Wildman–Crippen LogP) is 5.82. The summed E-state index contributed by atoms with van der Waals surface area (Å²) >= 11 is 7.46. The van der Waals surface area contributed by atoms with E-state index in [4.69, 9.17) is 16.6 Å². The summed E-state index contributed by atoms with van der Waals surface area (Å²) in [5.41, 5.74) is 2.59. The van der Waals surface area contributed by atoms with Crippen LogP contribution in [0.1, 0.15) is 49.3 Å². The van der Waals surface area contributed by atoms with Gasteiger partial charge in [0.05, 0.1) is 10.5 Å². The molecule has 1 aliphatic carbocycles. The maximum absolute atomic E-state index is 13.4. The number of halogens is 1. The number of rotatable bonds is 5. The largest absolute Gasteiger partial charge is 0.343 e. The number of non-ortho nitro benzene ring substituents is 1. The number of anilines is 1. The third-order valence-corrected chi connectivity index (χ3v) is 7.58. The Morgan fingerprint density at radius 2 is 1.92 bits per heavy atom. The number of aromatic nitrogens is 2. The number of nitro groups is 1. The first kappa shape index (κ1) is 24.3. The number of hydrogen-bond acceptors (Lipinski definition) is 7. The fraction of sp³-hybridized carbons (Fsp3) is 0.269. The Labute approximate surface area is 216 Å². The van der Waals surface area contributed by atoms with Gasteiger partial charge in [-0.25, -0.2) is 4.98 Å². The molecule has 10 heteroatoms. The number of allylic oxidation sites excluding steroid dienone is 2. The lowest BCUT2D eigenvalue weighted by Crippen LogP contribution is -2.37. The van der Waals surface area contributed by atoms with Crippen LogP contribution in [0.25, 0.3) is 0 Å². The molecule has 0 amide bonds. The molecule has 0 radical (unpaired) electrons.